The van der Waals surface area contributed by atoms with E-state index in [1.165, 1.54) is 0 Å². The Morgan fingerprint density at radius 1 is 1.18 bits per heavy atom. The van der Waals surface area contributed by atoms with Gasteiger partial charge in [0.25, 0.3) is 0 Å². The molecular weight excluding hydrogens is 298 g/mol. The molecule has 0 bridgehead atoms. The minimum absolute atomic E-state index is 0.697. The van der Waals surface area contributed by atoms with Crippen LogP contribution in [0.15, 0.2) is 40.3 Å². The Labute approximate surface area is 133 Å². The number of fused-ring (bicyclic) bond motifs is 4. The molecule has 22 heavy (non-hydrogen) atoms. The standard InChI is InChI=1S/C17H14ClN3O/c1-10-5-15-13(7-16(10)22-2)17-20-14-6-12(18)4-3-11(14)8-21(17)9-19-15/h3-7,9H,8H2,1-2H3. The minimum atomic E-state index is 0.697. The fourth-order valence-corrected chi connectivity index (χ4v) is 3.00. The van der Waals surface area contributed by atoms with Gasteiger partial charge in [-0.05, 0) is 42.3 Å². The molecule has 110 valence electrons. The predicted octanol–water partition coefficient (Wildman–Crippen LogP) is 4.22. The van der Waals surface area contributed by atoms with Crippen LogP contribution >= 0.6 is 11.6 Å². The first-order valence-electron chi connectivity index (χ1n) is 7.02. The molecule has 0 saturated heterocycles. The summed E-state index contributed by atoms with van der Waals surface area (Å²) in [6.07, 6.45) is 1.84. The third kappa shape index (κ3) is 1.99. The zero-order valence-corrected chi connectivity index (χ0v) is 13.1. The van der Waals surface area contributed by atoms with Crippen LogP contribution in [0, 0.1) is 6.92 Å². The molecule has 0 fully saturated rings. The van der Waals surface area contributed by atoms with Crippen LogP contribution in [0.2, 0.25) is 5.02 Å². The fraction of sp³-hybridized carbons (Fsp3) is 0.176. The zero-order chi connectivity index (χ0) is 15.3. The van der Waals surface area contributed by atoms with Crippen molar-refractivity contribution in [1.82, 2.24) is 4.90 Å². The van der Waals surface area contributed by atoms with E-state index in [0.29, 0.717) is 5.02 Å². The van der Waals surface area contributed by atoms with Crippen LogP contribution in [-0.2, 0) is 6.54 Å². The summed E-state index contributed by atoms with van der Waals surface area (Å²) in [7, 11) is 1.68. The Hall–Kier alpha value is -2.33. The van der Waals surface area contributed by atoms with Gasteiger partial charge in [0.2, 0.25) is 0 Å². The van der Waals surface area contributed by atoms with Crippen LogP contribution in [0.1, 0.15) is 16.7 Å². The van der Waals surface area contributed by atoms with Crippen LogP contribution in [-0.4, -0.2) is 24.2 Å². The SMILES string of the molecule is COc1cc2c(cc1C)N=CN1Cc3ccc(Cl)cc3N=C21. The molecular formula is C17H14ClN3O. The lowest BCUT2D eigenvalue weighted by atomic mass is 10.0. The molecule has 0 unspecified atom stereocenters. The van der Waals surface area contributed by atoms with E-state index in [-0.39, 0.29) is 0 Å². The zero-order valence-electron chi connectivity index (χ0n) is 12.3. The van der Waals surface area contributed by atoms with Gasteiger partial charge >= 0.3 is 0 Å². The number of benzene rings is 2. The van der Waals surface area contributed by atoms with Gasteiger partial charge in [0.05, 0.1) is 31.4 Å². The molecule has 0 saturated carbocycles. The van der Waals surface area contributed by atoms with Crippen molar-refractivity contribution in [1.29, 1.82) is 0 Å². The van der Waals surface area contributed by atoms with E-state index in [2.05, 4.69) is 4.99 Å². The lowest BCUT2D eigenvalue weighted by Crippen LogP contribution is -2.34. The first kappa shape index (κ1) is 13.3. The van der Waals surface area contributed by atoms with Gasteiger partial charge < -0.3 is 9.64 Å². The average Bonchev–Trinajstić information content (AvgIpc) is 2.52. The summed E-state index contributed by atoms with van der Waals surface area (Å²) in [5.41, 5.74) is 5.02. The molecule has 2 aromatic carbocycles. The molecule has 2 aromatic rings. The Morgan fingerprint density at radius 3 is 2.86 bits per heavy atom. The van der Waals surface area contributed by atoms with Crippen molar-refractivity contribution in [3.05, 3.63) is 52.0 Å². The van der Waals surface area contributed by atoms with E-state index >= 15 is 0 Å². The Morgan fingerprint density at radius 2 is 2.05 bits per heavy atom. The second-order valence-corrected chi connectivity index (χ2v) is 5.86. The largest absolute Gasteiger partial charge is 0.496 e. The number of methoxy groups -OCH3 is 1. The Balaban J connectivity index is 1.91. The molecule has 0 N–H and O–H groups in total. The molecule has 0 aliphatic carbocycles. The first-order chi connectivity index (χ1) is 10.7. The summed E-state index contributed by atoms with van der Waals surface area (Å²) >= 11 is 6.09. The molecule has 0 atom stereocenters. The first-order valence-corrected chi connectivity index (χ1v) is 7.40. The molecule has 4 nitrogen and oxygen atoms in total. The van der Waals surface area contributed by atoms with Crippen molar-refractivity contribution in [2.45, 2.75) is 13.5 Å². The fourth-order valence-electron chi connectivity index (χ4n) is 2.83. The molecule has 4 rings (SSSR count). The number of hydrogen-bond acceptors (Lipinski definition) is 4. The summed E-state index contributed by atoms with van der Waals surface area (Å²) in [6.45, 7) is 2.75. The van der Waals surface area contributed by atoms with Crippen LogP contribution in [0.5, 0.6) is 5.75 Å². The van der Waals surface area contributed by atoms with Gasteiger partial charge in [0.15, 0.2) is 0 Å². The number of amidine groups is 1. The molecule has 2 aliphatic rings. The molecule has 0 spiro atoms. The molecule has 0 amide bonds. The highest BCUT2D eigenvalue weighted by Gasteiger charge is 2.26. The van der Waals surface area contributed by atoms with Gasteiger partial charge in [0, 0.05) is 10.6 Å². The number of rotatable bonds is 1. The van der Waals surface area contributed by atoms with Gasteiger partial charge in [-0.15, -0.1) is 0 Å². The highest BCUT2D eigenvalue weighted by Crippen LogP contribution is 2.37. The van der Waals surface area contributed by atoms with Crippen LogP contribution < -0.4 is 4.74 Å². The Bertz CT molecular complexity index is 842. The Kier molecular flexibility index (Phi) is 2.94. The quantitative estimate of drug-likeness (QED) is 0.790. The number of aliphatic imine (C=N–C) groups is 2. The summed E-state index contributed by atoms with van der Waals surface area (Å²) in [5.74, 6) is 1.73. The monoisotopic (exact) mass is 311 g/mol. The molecule has 2 heterocycles. The van der Waals surface area contributed by atoms with E-state index in [4.69, 9.17) is 21.3 Å². The van der Waals surface area contributed by atoms with Crippen LogP contribution in [0.3, 0.4) is 0 Å². The normalized spacial score (nSPS) is 14.9. The highest BCUT2D eigenvalue weighted by atomic mass is 35.5. The van der Waals surface area contributed by atoms with Crippen molar-refractivity contribution >= 4 is 35.1 Å². The number of aryl methyl sites for hydroxylation is 1. The van der Waals surface area contributed by atoms with E-state index in [1.54, 1.807) is 7.11 Å². The highest BCUT2D eigenvalue weighted by molar-refractivity contribution is 6.31. The maximum atomic E-state index is 6.09. The van der Waals surface area contributed by atoms with Crippen molar-refractivity contribution in [2.24, 2.45) is 9.98 Å². The second-order valence-electron chi connectivity index (χ2n) is 5.42. The van der Waals surface area contributed by atoms with Crippen LogP contribution in [0.25, 0.3) is 0 Å². The van der Waals surface area contributed by atoms with Crippen molar-refractivity contribution in [3.63, 3.8) is 0 Å². The maximum absolute atomic E-state index is 6.09. The molecule has 0 radical (unpaired) electrons. The van der Waals surface area contributed by atoms with E-state index in [9.17, 15) is 0 Å². The van der Waals surface area contributed by atoms with Gasteiger partial charge in [-0.25, -0.2) is 9.98 Å². The number of hydrogen-bond donors (Lipinski definition) is 0. The third-order valence-electron chi connectivity index (χ3n) is 3.98. The minimum Gasteiger partial charge on any atom is -0.496 e. The van der Waals surface area contributed by atoms with Crippen LogP contribution in [0.4, 0.5) is 11.4 Å². The van der Waals surface area contributed by atoms with Gasteiger partial charge in [-0.1, -0.05) is 17.7 Å². The summed E-state index contributed by atoms with van der Waals surface area (Å²) in [4.78, 5) is 11.4. The molecule has 0 aromatic heterocycles. The number of ether oxygens (including phenoxy) is 1. The average molecular weight is 312 g/mol. The van der Waals surface area contributed by atoms with Crippen molar-refractivity contribution in [2.75, 3.05) is 7.11 Å². The lowest BCUT2D eigenvalue weighted by Gasteiger charge is -2.30. The molecule has 5 heteroatoms. The van der Waals surface area contributed by atoms with E-state index < -0.39 is 0 Å². The topological polar surface area (TPSA) is 37.2 Å². The summed E-state index contributed by atoms with van der Waals surface area (Å²) in [5, 5.41) is 0.697. The summed E-state index contributed by atoms with van der Waals surface area (Å²) in [6, 6.07) is 9.83. The van der Waals surface area contributed by atoms with Gasteiger partial charge in [-0.2, -0.15) is 0 Å². The third-order valence-corrected chi connectivity index (χ3v) is 4.21. The smallest absolute Gasteiger partial charge is 0.144 e. The van der Waals surface area contributed by atoms with Gasteiger partial charge in [0.1, 0.15) is 11.6 Å². The maximum Gasteiger partial charge on any atom is 0.144 e. The second kappa shape index (κ2) is 4.85. The van der Waals surface area contributed by atoms with Crippen molar-refractivity contribution in [3.8, 4) is 5.75 Å². The number of nitrogens with zero attached hydrogens (tertiary/aromatic N) is 3. The summed E-state index contributed by atoms with van der Waals surface area (Å²) < 4.78 is 5.43. The lowest BCUT2D eigenvalue weighted by molar-refractivity contribution is 0.411. The van der Waals surface area contributed by atoms with E-state index in [0.717, 1.165) is 46.2 Å². The predicted molar refractivity (Wildman–Crippen MR) is 89.1 cm³/mol. The molecule has 2 aliphatic heterocycles. The van der Waals surface area contributed by atoms with Crippen molar-refractivity contribution < 1.29 is 4.74 Å². The number of halogens is 1. The van der Waals surface area contributed by atoms with Gasteiger partial charge in [-0.3, -0.25) is 0 Å². The van der Waals surface area contributed by atoms with E-state index in [1.807, 2.05) is 48.5 Å².